The molecule has 0 aliphatic rings. The quantitative estimate of drug-likeness (QED) is 0.385. The van der Waals surface area contributed by atoms with Gasteiger partial charge in [0.2, 0.25) is 23.5 Å². The first-order valence-electron chi connectivity index (χ1n) is 8.49. The molecule has 1 aromatic heterocycles. The van der Waals surface area contributed by atoms with Crippen LogP contribution in [0.4, 0.5) is 4.39 Å². The van der Waals surface area contributed by atoms with E-state index < -0.39 is 0 Å². The number of hydrogen-bond acceptors (Lipinski definition) is 1. The predicted molar refractivity (Wildman–Crippen MR) is 100 cm³/mol. The average Bonchev–Trinajstić information content (AvgIpc) is 2.69. The molecule has 0 aliphatic carbocycles. The average molecular weight is 342 g/mol. The van der Waals surface area contributed by atoms with Gasteiger partial charge < -0.3 is 0 Å². The van der Waals surface area contributed by atoms with Gasteiger partial charge in [-0.15, -0.1) is 0 Å². The fourth-order valence-electron chi connectivity index (χ4n) is 3.20. The predicted octanol–water partition coefficient (Wildman–Crippen LogP) is 4.82. The molecule has 0 amide bonds. The van der Waals surface area contributed by atoms with Crippen LogP contribution in [0.15, 0.2) is 91.0 Å². The second-order valence-electron chi connectivity index (χ2n) is 6.13. The maximum atomic E-state index is 14.4. The van der Waals surface area contributed by atoms with Crippen molar-refractivity contribution >= 4 is 16.7 Å². The Bertz CT molecular complexity index is 1090. The number of para-hydroxylation sites is 1. The molecule has 26 heavy (non-hydrogen) atoms. The van der Waals surface area contributed by atoms with Crippen LogP contribution in [0.1, 0.15) is 10.4 Å². The highest BCUT2D eigenvalue weighted by Crippen LogP contribution is 2.22. The molecule has 3 heteroatoms. The zero-order valence-electron chi connectivity index (χ0n) is 14.1. The Morgan fingerprint density at radius 3 is 2.27 bits per heavy atom. The van der Waals surface area contributed by atoms with Gasteiger partial charge in [-0.3, -0.25) is 4.79 Å². The van der Waals surface area contributed by atoms with Crippen LogP contribution >= 0.6 is 0 Å². The van der Waals surface area contributed by atoms with E-state index in [1.54, 1.807) is 30.3 Å². The number of halogens is 1. The van der Waals surface area contributed by atoms with Crippen molar-refractivity contribution in [3.05, 3.63) is 102 Å². The minimum absolute atomic E-state index is 0.00968. The third kappa shape index (κ3) is 3.00. The first-order valence-corrected chi connectivity index (χ1v) is 8.49. The third-order valence-corrected chi connectivity index (χ3v) is 4.49. The first-order chi connectivity index (χ1) is 12.7. The lowest BCUT2D eigenvalue weighted by molar-refractivity contribution is -0.646. The monoisotopic (exact) mass is 342 g/mol. The van der Waals surface area contributed by atoms with Crippen molar-refractivity contribution < 1.29 is 13.8 Å². The summed E-state index contributed by atoms with van der Waals surface area (Å²) in [6.07, 6.45) is 0. The van der Waals surface area contributed by atoms with Gasteiger partial charge in [-0.2, -0.15) is 4.57 Å². The molecule has 0 aliphatic heterocycles. The Morgan fingerprint density at radius 2 is 1.46 bits per heavy atom. The van der Waals surface area contributed by atoms with Crippen molar-refractivity contribution in [2.45, 2.75) is 6.54 Å². The van der Waals surface area contributed by atoms with E-state index in [2.05, 4.69) is 0 Å². The zero-order valence-corrected chi connectivity index (χ0v) is 14.1. The minimum Gasteiger partial charge on any atom is -0.287 e. The van der Waals surface area contributed by atoms with Crippen LogP contribution in [0.2, 0.25) is 0 Å². The Balaban J connectivity index is 1.89. The number of nitrogens with zero attached hydrogens (tertiary/aromatic N) is 1. The number of Topliss-reactive ketones (excluding diaryl/α,β-unsaturated/α-hetero) is 1. The van der Waals surface area contributed by atoms with Crippen LogP contribution in [-0.4, -0.2) is 5.78 Å². The fraction of sp³-hybridized carbons (Fsp3) is 0.0435. The number of benzene rings is 3. The number of rotatable bonds is 4. The molecule has 4 rings (SSSR count). The van der Waals surface area contributed by atoms with E-state index in [1.165, 1.54) is 6.07 Å². The summed E-state index contributed by atoms with van der Waals surface area (Å²) in [6, 6.07) is 27.5. The molecule has 0 atom stereocenters. The van der Waals surface area contributed by atoms with Gasteiger partial charge in [-0.1, -0.05) is 54.6 Å². The molecule has 3 aromatic carbocycles. The lowest BCUT2D eigenvalue weighted by atomic mass is 10.1. The van der Waals surface area contributed by atoms with E-state index in [0.717, 1.165) is 10.9 Å². The molecule has 2 nitrogen and oxygen atoms in total. The van der Waals surface area contributed by atoms with Crippen molar-refractivity contribution in [1.82, 2.24) is 0 Å². The smallest absolute Gasteiger partial charge is 0.227 e. The number of carbonyl (C=O) groups is 1. The summed E-state index contributed by atoms with van der Waals surface area (Å²) in [6.45, 7) is 0.148. The molecule has 0 N–H and O–H groups in total. The summed E-state index contributed by atoms with van der Waals surface area (Å²) in [5.41, 5.74) is 2.72. The zero-order chi connectivity index (χ0) is 17.9. The van der Waals surface area contributed by atoms with Crippen LogP contribution in [-0.2, 0) is 6.54 Å². The largest absolute Gasteiger partial charge is 0.287 e. The van der Waals surface area contributed by atoms with Crippen LogP contribution in [0, 0.1) is 5.82 Å². The summed E-state index contributed by atoms with van der Waals surface area (Å²) < 4.78 is 16.3. The molecule has 0 spiro atoms. The highest BCUT2D eigenvalue weighted by molar-refractivity contribution is 5.95. The Kier molecular flexibility index (Phi) is 4.28. The van der Waals surface area contributed by atoms with Crippen molar-refractivity contribution in [2.24, 2.45) is 0 Å². The summed E-state index contributed by atoms with van der Waals surface area (Å²) in [5.74, 6) is -0.312. The molecule has 0 unspecified atom stereocenters. The lowest BCUT2D eigenvalue weighted by Crippen LogP contribution is -2.41. The number of pyridine rings is 1. The van der Waals surface area contributed by atoms with Crippen molar-refractivity contribution in [3.63, 3.8) is 0 Å². The second-order valence-corrected chi connectivity index (χ2v) is 6.13. The van der Waals surface area contributed by atoms with Crippen LogP contribution < -0.4 is 4.57 Å². The summed E-state index contributed by atoms with van der Waals surface area (Å²) in [4.78, 5) is 12.8. The maximum Gasteiger partial charge on any atom is 0.227 e. The van der Waals surface area contributed by atoms with E-state index in [0.29, 0.717) is 16.8 Å². The van der Waals surface area contributed by atoms with Gasteiger partial charge in [0.25, 0.3) is 0 Å². The highest BCUT2D eigenvalue weighted by Gasteiger charge is 2.23. The van der Waals surface area contributed by atoms with Crippen LogP contribution in [0.25, 0.3) is 22.2 Å². The van der Waals surface area contributed by atoms with Gasteiger partial charge in [0, 0.05) is 23.1 Å². The molecule has 0 fully saturated rings. The van der Waals surface area contributed by atoms with Gasteiger partial charge in [-0.05, 0) is 24.3 Å². The van der Waals surface area contributed by atoms with Crippen molar-refractivity contribution in [1.29, 1.82) is 0 Å². The summed E-state index contributed by atoms with van der Waals surface area (Å²) in [7, 11) is 0. The molecule has 0 radical (unpaired) electrons. The minimum atomic E-state index is -0.302. The van der Waals surface area contributed by atoms with Gasteiger partial charge in [0.1, 0.15) is 5.82 Å². The highest BCUT2D eigenvalue weighted by atomic mass is 19.1. The number of carbonyl (C=O) groups excluding carboxylic acids is 1. The molecule has 0 saturated heterocycles. The Labute approximate surface area is 151 Å². The van der Waals surface area contributed by atoms with Gasteiger partial charge in [0.15, 0.2) is 0 Å². The molecular formula is C23H17FNO+. The van der Waals surface area contributed by atoms with E-state index in [9.17, 15) is 9.18 Å². The molecule has 1 heterocycles. The standard InChI is InChI=1S/C23H17FNO/c24-20-12-6-5-11-19(20)22-15-14-17-8-4-7-13-21(17)25(22)16-23(26)18-9-2-1-3-10-18/h1-15H,16H2/q+1. The van der Waals surface area contributed by atoms with Gasteiger partial charge >= 0.3 is 0 Å². The van der Waals surface area contributed by atoms with E-state index in [4.69, 9.17) is 0 Å². The Hall–Kier alpha value is -3.33. The van der Waals surface area contributed by atoms with Gasteiger partial charge in [0.05, 0.1) is 5.56 Å². The van der Waals surface area contributed by atoms with Crippen molar-refractivity contribution in [2.75, 3.05) is 0 Å². The van der Waals surface area contributed by atoms with Crippen LogP contribution in [0.5, 0.6) is 0 Å². The molecule has 126 valence electrons. The molecular weight excluding hydrogens is 325 g/mol. The molecule has 0 saturated carbocycles. The number of aromatic nitrogens is 1. The van der Waals surface area contributed by atoms with Crippen molar-refractivity contribution in [3.8, 4) is 11.3 Å². The summed E-state index contributed by atoms with van der Waals surface area (Å²) in [5, 5.41) is 1.01. The van der Waals surface area contributed by atoms with E-state index in [1.807, 2.05) is 59.2 Å². The second kappa shape index (κ2) is 6.89. The first kappa shape index (κ1) is 16.2. The SMILES string of the molecule is O=C(C[n+]1c(-c2ccccc2F)ccc2ccccc21)c1ccccc1. The molecule has 4 aromatic rings. The van der Waals surface area contributed by atoms with E-state index >= 15 is 0 Å². The fourth-order valence-corrected chi connectivity index (χ4v) is 3.20. The third-order valence-electron chi connectivity index (χ3n) is 4.49. The van der Waals surface area contributed by atoms with Crippen LogP contribution in [0.3, 0.4) is 0 Å². The number of hydrogen-bond donors (Lipinski definition) is 0. The normalized spacial score (nSPS) is 10.8. The molecule has 0 bridgehead atoms. The number of ketones is 1. The summed E-state index contributed by atoms with van der Waals surface area (Å²) >= 11 is 0. The lowest BCUT2D eigenvalue weighted by Gasteiger charge is -2.08. The topological polar surface area (TPSA) is 20.9 Å². The van der Waals surface area contributed by atoms with E-state index in [-0.39, 0.29) is 18.1 Å². The maximum absolute atomic E-state index is 14.4. The number of fused-ring (bicyclic) bond motifs is 1. The van der Waals surface area contributed by atoms with Gasteiger partial charge in [-0.25, -0.2) is 4.39 Å². The Morgan fingerprint density at radius 1 is 0.769 bits per heavy atom.